The Morgan fingerprint density at radius 2 is 1.91 bits per heavy atom. The van der Waals surface area contributed by atoms with Crippen LogP contribution in [0.15, 0.2) is 30.6 Å². The Morgan fingerprint density at radius 1 is 1.30 bits per heavy atom. The average molecular weight is 320 g/mol. The fraction of sp³-hybridized carbons (Fsp3) is 0.400. The van der Waals surface area contributed by atoms with Gasteiger partial charge in [0.2, 0.25) is 5.91 Å². The molecule has 122 valence electrons. The van der Waals surface area contributed by atoms with E-state index < -0.39 is 35.3 Å². The predicted octanol–water partition coefficient (Wildman–Crippen LogP) is -1.09. The van der Waals surface area contributed by atoms with E-state index in [1.54, 1.807) is 29.1 Å². The Morgan fingerprint density at radius 3 is 2.43 bits per heavy atom. The molecular weight excluding hydrogens is 302 g/mol. The zero-order valence-corrected chi connectivity index (χ0v) is 12.9. The maximum atomic E-state index is 12.5. The molecule has 2 rings (SSSR count). The lowest BCUT2D eigenvalue weighted by atomic mass is 9.96. The summed E-state index contributed by atoms with van der Waals surface area (Å²) >= 11 is 0. The molecule has 0 aliphatic carbocycles. The van der Waals surface area contributed by atoms with Crippen LogP contribution in [0.25, 0.3) is 0 Å². The predicted molar refractivity (Wildman–Crippen MR) is 76.3 cm³/mol. The van der Waals surface area contributed by atoms with Crippen LogP contribution in [0.3, 0.4) is 0 Å². The van der Waals surface area contributed by atoms with Gasteiger partial charge in [-0.3, -0.25) is 19.3 Å². The average Bonchev–Trinajstić information content (AvgIpc) is 2.71. The molecular formula is C15H18N3O5+. The molecule has 8 nitrogen and oxygen atoms in total. The van der Waals surface area contributed by atoms with E-state index in [4.69, 9.17) is 5.73 Å². The molecule has 23 heavy (non-hydrogen) atoms. The van der Waals surface area contributed by atoms with E-state index in [0.29, 0.717) is 0 Å². The van der Waals surface area contributed by atoms with Crippen molar-refractivity contribution in [2.75, 3.05) is 0 Å². The molecule has 2 N–H and O–H groups in total. The van der Waals surface area contributed by atoms with E-state index in [2.05, 4.69) is 4.74 Å². The highest BCUT2D eigenvalue weighted by atomic mass is 16.6. The number of pyridine rings is 1. The Balaban J connectivity index is 2.29. The second-order valence-corrected chi connectivity index (χ2v) is 5.53. The number of rotatable bonds is 3. The van der Waals surface area contributed by atoms with Crippen molar-refractivity contribution in [2.45, 2.75) is 38.4 Å². The minimum atomic E-state index is -1.43. The standard InChI is InChI=1S/C15H18N3O5/c1-10(19)18-12(13(21)23-11(2)20)8-15(16,14(18)22)9-17-6-4-3-5-7-17/h3-7,12H,8-9,16H2,1-2H3/q+1. The van der Waals surface area contributed by atoms with Crippen molar-refractivity contribution in [3.8, 4) is 0 Å². The van der Waals surface area contributed by atoms with Gasteiger partial charge >= 0.3 is 11.9 Å². The molecule has 1 aliphatic heterocycles. The van der Waals surface area contributed by atoms with Crippen LogP contribution in [0.5, 0.6) is 0 Å². The van der Waals surface area contributed by atoms with E-state index >= 15 is 0 Å². The van der Waals surface area contributed by atoms with Crippen LogP contribution in [-0.2, 0) is 30.5 Å². The van der Waals surface area contributed by atoms with Gasteiger partial charge in [-0.25, -0.2) is 9.36 Å². The van der Waals surface area contributed by atoms with E-state index in [9.17, 15) is 19.2 Å². The van der Waals surface area contributed by atoms with Gasteiger partial charge in [-0.2, -0.15) is 0 Å². The number of nitrogens with two attached hydrogens (primary N) is 1. The van der Waals surface area contributed by atoms with Crippen molar-refractivity contribution in [3.63, 3.8) is 0 Å². The summed E-state index contributed by atoms with van der Waals surface area (Å²) in [5.41, 5.74) is 4.73. The second-order valence-electron chi connectivity index (χ2n) is 5.53. The summed E-state index contributed by atoms with van der Waals surface area (Å²) in [4.78, 5) is 48.0. The first-order valence-corrected chi connectivity index (χ1v) is 7.04. The molecule has 1 fully saturated rings. The fourth-order valence-electron chi connectivity index (χ4n) is 2.66. The Labute approximate surface area is 132 Å². The summed E-state index contributed by atoms with van der Waals surface area (Å²) in [6.45, 7) is 2.33. The van der Waals surface area contributed by atoms with Gasteiger partial charge in [-0.15, -0.1) is 0 Å². The van der Waals surface area contributed by atoms with Crippen LogP contribution in [0.2, 0.25) is 0 Å². The second kappa shape index (κ2) is 6.25. The molecule has 2 amide bonds. The molecule has 2 atom stereocenters. The maximum absolute atomic E-state index is 12.5. The molecule has 1 aromatic heterocycles. The molecule has 0 spiro atoms. The number of nitrogens with zero attached hydrogens (tertiary/aromatic N) is 2. The molecule has 1 aromatic rings. The van der Waals surface area contributed by atoms with Crippen LogP contribution in [0.4, 0.5) is 0 Å². The van der Waals surface area contributed by atoms with Crippen LogP contribution in [0.1, 0.15) is 20.3 Å². The SMILES string of the molecule is CC(=O)OC(=O)C1CC(N)(C[n+]2ccccc2)C(=O)N1C(C)=O. The van der Waals surface area contributed by atoms with Crippen molar-refractivity contribution in [3.05, 3.63) is 30.6 Å². The molecule has 0 aromatic carbocycles. The number of amides is 2. The summed E-state index contributed by atoms with van der Waals surface area (Å²) in [6.07, 6.45) is 3.34. The minimum Gasteiger partial charge on any atom is -0.392 e. The van der Waals surface area contributed by atoms with Crippen molar-refractivity contribution < 1.29 is 28.5 Å². The van der Waals surface area contributed by atoms with Gasteiger partial charge < -0.3 is 10.5 Å². The first-order chi connectivity index (χ1) is 10.7. The van der Waals surface area contributed by atoms with Gasteiger partial charge in [0.05, 0.1) is 0 Å². The summed E-state index contributed by atoms with van der Waals surface area (Å²) in [5, 5.41) is 0. The van der Waals surface area contributed by atoms with Gasteiger partial charge in [0, 0.05) is 32.4 Å². The zero-order chi connectivity index (χ0) is 17.2. The molecule has 2 heterocycles. The van der Waals surface area contributed by atoms with Crippen LogP contribution < -0.4 is 10.3 Å². The number of likely N-dealkylation sites (tertiary alicyclic amines) is 1. The number of ether oxygens (including phenoxy) is 1. The van der Waals surface area contributed by atoms with Crippen molar-refractivity contribution in [2.24, 2.45) is 5.73 Å². The maximum Gasteiger partial charge on any atom is 0.337 e. The quantitative estimate of drug-likeness (QED) is 0.430. The van der Waals surface area contributed by atoms with Crippen LogP contribution in [-0.4, -0.2) is 40.2 Å². The highest BCUT2D eigenvalue weighted by molar-refractivity contribution is 6.06. The van der Waals surface area contributed by atoms with Crippen LogP contribution in [0, 0.1) is 0 Å². The van der Waals surface area contributed by atoms with Gasteiger partial charge in [0.15, 0.2) is 24.5 Å². The summed E-state index contributed by atoms with van der Waals surface area (Å²) in [5.74, 6) is -3.04. The number of imide groups is 1. The largest absolute Gasteiger partial charge is 0.392 e. The van der Waals surface area contributed by atoms with Gasteiger partial charge in [-0.05, 0) is 0 Å². The summed E-state index contributed by atoms with van der Waals surface area (Å²) in [6, 6.07) is 4.16. The lowest BCUT2D eigenvalue weighted by molar-refractivity contribution is -0.701. The Kier molecular flexibility index (Phi) is 4.55. The van der Waals surface area contributed by atoms with Crippen molar-refractivity contribution >= 4 is 23.8 Å². The van der Waals surface area contributed by atoms with Gasteiger partial charge in [0.25, 0.3) is 5.91 Å². The normalized spacial score (nSPS) is 23.7. The van der Waals surface area contributed by atoms with Crippen molar-refractivity contribution in [1.29, 1.82) is 0 Å². The third-order valence-corrected chi connectivity index (χ3v) is 3.61. The van der Waals surface area contributed by atoms with Gasteiger partial charge in [0.1, 0.15) is 6.04 Å². The van der Waals surface area contributed by atoms with E-state index in [1.165, 1.54) is 0 Å². The number of esters is 2. The molecule has 1 aliphatic rings. The monoisotopic (exact) mass is 320 g/mol. The van der Waals surface area contributed by atoms with Crippen LogP contribution >= 0.6 is 0 Å². The Bertz CT molecular complexity index is 660. The third kappa shape index (κ3) is 3.42. The van der Waals surface area contributed by atoms with E-state index in [-0.39, 0.29) is 13.0 Å². The molecule has 1 saturated heterocycles. The molecule has 0 saturated carbocycles. The zero-order valence-electron chi connectivity index (χ0n) is 12.9. The Hall–Kier alpha value is -2.61. The topological polar surface area (TPSA) is 111 Å². The molecule has 0 radical (unpaired) electrons. The lowest BCUT2D eigenvalue weighted by Crippen LogP contribution is -2.58. The number of hydrogen-bond donors (Lipinski definition) is 1. The third-order valence-electron chi connectivity index (χ3n) is 3.61. The number of carbonyl (C=O) groups excluding carboxylic acids is 4. The lowest BCUT2D eigenvalue weighted by Gasteiger charge is -2.19. The molecule has 2 unspecified atom stereocenters. The van der Waals surface area contributed by atoms with Crippen molar-refractivity contribution in [1.82, 2.24) is 4.90 Å². The first kappa shape index (κ1) is 16.8. The number of aromatic nitrogens is 1. The number of hydrogen-bond acceptors (Lipinski definition) is 6. The summed E-state index contributed by atoms with van der Waals surface area (Å²) < 4.78 is 6.21. The first-order valence-electron chi connectivity index (χ1n) is 7.04. The molecule has 0 bridgehead atoms. The smallest absolute Gasteiger partial charge is 0.337 e. The number of carbonyl (C=O) groups is 4. The van der Waals surface area contributed by atoms with Gasteiger partial charge in [-0.1, -0.05) is 6.07 Å². The highest BCUT2D eigenvalue weighted by Crippen LogP contribution is 2.28. The highest BCUT2D eigenvalue weighted by Gasteiger charge is 2.56. The molecule has 8 heteroatoms. The fourth-order valence-corrected chi connectivity index (χ4v) is 2.66. The van der Waals surface area contributed by atoms with E-state index in [1.807, 2.05) is 6.07 Å². The summed E-state index contributed by atoms with van der Waals surface area (Å²) in [7, 11) is 0. The minimum absolute atomic E-state index is 0.0975. The van der Waals surface area contributed by atoms with E-state index in [0.717, 1.165) is 18.7 Å².